The first-order valence-electron chi connectivity index (χ1n) is 7.57. The SMILES string of the molecule is CCCCCCCCC(Cc1ccccc1)C(N)=O. The van der Waals surface area contributed by atoms with Crippen LogP contribution in [0.3, 0.4) is 0 Å². The topological polar surface area (TPSA) is 43.1 Å². The lowest BCUT2D eigenvalue weighted by molar-refractivity contribution is -0.122. The molecule has 2 nitrogen and oxygen atoms in total. The van der Waals surface area contributed by atoms with Crippen molar-refractivity contribution in [3.8, 4) is 0 Å². The van der Waals surface area contributed by atoms with Gasteiger partial charge in [-0.3, -0.25) is 4.79 Å². The maximum absolute atomic E-state index is 11.5. The number of benzene rings is 1. The summed E-state index contributed by atoms with van der Waals surface area (Å²) in [5.41, 5.74) is 6.71. The molecule has 0 bridgehead atoms. The van der Waals surface area contributed by atoms with Crippen LogP contribution in [0.15, 0.2) is 30.3 Å². The third-order valence-corrected chi connectivity index (χ3v) is 3.63. The molecule has 2 heteroatoms. The van der Waals surface area contributed by atoms with Crippen molar-refractivity contribution >= 4 is 5.91 Å². The minimum atomic E-state index is -0.155. The highest BCUT2D eigenvalue weighted by atomic mass is 16.1. The largest absolute Gasteiger partial charge is 0.369 e. The molecule has 0 saturated carbocycles. The van der Waals surface area contributed by atoms with Gasteiger partial charge in [0.05, 0.1) is 0 Å². The number of carbonyl (C=O) groups excluding carboxylic acids is 1. The van der Waals surface area contributed by atoms with Crippen molar-refractivity contribution in [1.82, 2.24) is 0 Å². The Labute approximate surface area is 117 Å². The molecule has 0 saturated heterocycles. The Morgan fingerprint density at radius 3 is 2.32 bits per heavy atom. The van der Waals surface area contributed by atoms with Gasteiger partial charge >= 0.3 is 0 Å². The molecule has 1 aromatic rings. The Balaban J connectivity index is 2.27. The van der Waals surface area contributed by atoms with E-state index in [1.807, 2.05) is 18.2 Å². The average Bonchev–Trinajstić information content (AvgIpc) is 2.42. The lowest BCUT2D eigenvalue weighted by Crippen LogP contribution is -2.25. The van der Waals surface area contributed by atoms with Crippen molar-refractivity contribution in [2.24, 2.45) is 11.7 Å². The molecule has 0 aliphatic rings. The van der Waals surface area contributed by atoms with E-state index in [2.05, 4.69) is 19.1 Å². The molecule has 0 aromatic heterocycles. The van der Waals surface area contributed by atoms with Crippen molar-refractivity contribution < 1.29 is 4.79 Å². The normalized spacial score (nSPS) is 12.3. The van der Waals surface area contributed by atoms with Gasteiger partial charge in [-0.05, 0) is 18.4 Å². The van der Waals surface area contributed by atoms with Gasteiger partial charge in [-0.25, -0.2) is 0 Å². The number of rotatable bonds is 10. The Morgan fingerprint density at radius 2 is 1.68 bits per heavy atom. The summed E-state index contributed by atoms with van der Waals surface area (Å²) >= 11 is 0. The zero-order chi connectivity index (χ0) is 13.9. The number of hydrogen-bond donors (Lipinski definition) is 1. The van der Waals surface area contributed by atoms with E-state index >= 15 is 0 Å². The summed E-state index contributed by atoms with van der Waals surface area (Å²) in [4.78, 5) is 11.5. The first-order chi connectivity index (χ1) is 9.24. The molecule has 2 N–H and O–H groups in total. The minimum absolute atomic E-state index is 0.00595. The number of carbonyl (C=O) groups is 1. The number of primary amides is 1. The quantitative estimate of drug-likeness (QED) is 0.634. The maximum atomic E-state index is 11.5. The second kappa shape index (κ2) is 9.60. The second-order valence-electron chi connectivity index (χ2n) is 5.35. The standard InChI is InChI=1S/C17H27NO/c1-2-3-4-5-6-10-13-16(17(18)19)14-15-11-8-7-9-12-15/h7-9,11-12,16H,2-6,10,13-14H2,1H3,(H2,18,19). The van der Waals surface area contributed by atoms with E-state index in [1.54, 1.807) is 0 Å². The third-order valence-electron chi connectivity index (χ3n) is 3.63. The van der Waals surface area contributed by atoms with Crippen LogP contribution in [0.1, 0.15) is 57.4 Å². The number of nitrogens with two attached hydrogens (primary N) is 1. The molecule has 0 aliphatic heterocycles. The molecule has 1 unspecified atom stereocenters. The van der Waals surface area contributed by atoms with Gasteiger partial charge in [0.2, 0.25) is 5.91 Å². The molecule has 1 aromatic carbocycles. The van der Waals surface area contributed by atoms with Crippen molar-refractivity contribution in [3.05, 3.63) is 35.9 Å². The number of amides is 1. The third kappa shape index (κ3) is 7.00. The van der Waals surface area contributed by atoms with E-state index in [-0.39, 0.29) is 11.8 Å². The zero-order valence-electron chi connectivity index (χ0n) is 12.1. The predicted octanol–water partition coefficient (Wildman–Crippen LogP) is 4.08. The van der Waals surface area contributed by atoms with Crippen LogP contribution in [-0.2, 0) is 11.2 Å². The van der Waals surface area contributed by atoms with Crippen molar-refractivity contribution in [2.75, 3.05) is 0 Å². The summed E-state index contributed by atoms with van der Waals surface area (Å²) in [6.45, 7) is 2.23. The number of hydrogen-bond acceptors (Lipinski definition) is 1. The van der Waals surface area contributed by atoms with Gasteiger partial charge < -0.3 is 5.73 Å². The maximum Gasteiger partial charge on any atom is 0.220 e. The molecule has 1 atom stereocenters. The first-order valence-corrected chi connectivity index (χ1v) is 7.57. The first kappa shape index (κ1) is 15.7. The van der Waals surface area contributed by atoms with Gasteiger partial charge in [-0.2, -0.15) is 0 Å². The van der Waals surface area contributed by atoms with Gasteiger partial charge in [-0.15, -0.1) is 0 Å². The smallest absolute Gasteiger partial charge is 0.220 e. The fraction of sp³-hybridized carbons (Fsp3) is 0.588. The molecule has 1 amide bonds. The van der Waals surface area contributed by atoms with Crippen LogP contribution in [-0.4, -0.2) is 5.91 Å². The van der Waals surface area contributed by atoms with E-state index in [0.717, 1.165) is 19.3 Å². The number of unbranched alkanes of at least 4 members (excludes halogenated alkanes) is 5. The molecule has 106 valence electrons. The van der Waals surface area contributed by atoms with Crippen molar-refractivity contribution in [3.63, 3.8) is 0 Å². The van der Waals surface area contributed by atoms with E-state index in [1.165, 1.54) is 37.7 Å². The van der Waals surface area contributed by atoms with Gasteiger partial charge in [0, 0.05) is 5.92 Å². The molecule has 1 rings (SSSR count). The minimum Gasteiger partial charge on any atom is -0.369 e. The highest BCUT2D eigenvalue weighted by Gasteiger charge is 2.15. The van der Waals surface area contributed by atoms with Crippen molar-refractivity contribution in [2.45, 2.75) is 58.3 Å². The summed E-state index contributed by atoms with van der Waals surface area (Å²) in [5.74, 6) is -0.161. The van der Waals surface area contributed by atoms with Crippen LogP contribution < -0.4 is 5.73 Å². The summed E-state index contributed by atoms with van der Waals surface area (Å²) in [5, 5.41) is 0. The van der Waals surface area contributed by atoms with Crippen LogP contribution >= 0.6 is 0 Å². The average molecular weight is 261 g/mol. The monoisotopic (exact) mass is 261 g/mol. The molecule has 0 fully saturated rings. The van der Waals surface area contributed by atoms with Gasteiger partial charge in [0.25, 0.3) is 0 Å². The summed E-state index contributed by atoms with van der Waals surface area (Å²) in [7, 11) is 0. The van der Waals surface area contributed by atoms with Crippen LogP contribution in [0.5, 0.6) is 0 Å². The van der Waals surface area contributed by atoms with E-state index in [0.29, 0.717) is 0 Å². The lowest BCUT2D eigenvalue weighted by Gasteiger charge is -2.13. The Kier molecular flexibility index (Phi) is 7.95. The molecule has 0 aliphatic carbocycles. The lowest BCUT2D eigenvalue weighted by atomic mass is 9.93. The molecule has 0 heterocycles. The fourth-order valence-electron chi connectivity index (χ4n) is 2.41. The van der Waals surface area contributed by atoms with Gasteiger partial charge in [0.1, 0.15) is 0 Å². The molecule has 19 heavy (non-hydrogen) atoms. The fourth-order valence-corrected chi connectivity index (χ4v) is 2.41. The Morgan fingerprint density at radius 1 is 1.05 bits per heavy atom. The van der Waals surface area contributed by atoms with E-state index in [4.69, 9.17) is 5.73 Å². The summed E-state index contributed by atoms with van der Waals surface area (Å²) < 4.78 is 0. The van der Waals surface area contributed by atoms with E-state index < -0.39 is 0 Å². The van der Waals surface area contributed by atoms with E-state index in [9.17, 15) is 4.79 Å². The zero-order valence-corrected chi connectivity index (χ0v) is 12.1. The highest BCUT2D eigenvalue weighted by molar-refractivity contribution is 5.76. The Bertz CT molecular complexity index is 348. The second-order valence-corrected chi connectivity index (χ2v) is 5.35. The van der Waals surface area contributed by atoms with Gasteiger partial charge in [0.15, 0.2) is 0 Å². The summed E-state index contributed by atoms with van der Waals surface area (Å²) in [6.07, 6.45) is 9.24. The van der Waals surface area contributed by atoms with Crippen molar-refractivity contribution in [1.29, 1.82) is 0 Å². The molecule has 0 spiro atoms. The predicted molar refractivity (Wildman–Crippen MR) is 80.8 cm³/mol. The van der Waals surface area contributed by atoms with Crippen LogP contribution in [0.2, 0.25) is 0 Å². The van der Waals surface area contributed by atoms with Crippen LogP contribution in [0.25, 0.3) is 0 Å². The van der Waals surface area contributed by atoms with Crippen LogP contribution in [0.4, 0.5) is 0 Å². The molecule has 0 radical (unpaired) electrons. The van der Waals surface area contributed by atoms with Gasteiger partial charge in [-0.1, -0.05) is 75.8 Å². The highest BCUT2D eigenvalue weighted by Crippen LogP contribution is 2.16. The Hall–Kier alpha value is -1.31. The molecular weight excluding hydrogens is 234 g/mol. The summed E-state index contributed by atoms with van der Waals surface area (Å²) in [6, 6.07) is 10.2. The van der Waals surface area contributed by atoms with Crippen LogP contribution in [0, 0.1) is 5.92 Å². The molecular formula is C17H27NO.